The van der Waals surface area contributed by atoms with E-state index in [4.69, 9.17) is 20.0 Å². The third kappa shape index (κ3) is 3.50. The molecule has 0 N–H and O–H groups in total. The lowest BCUT2D eigenvalue weighted by Crippen LogP contribution is -1.95. The minimum Gasteiger partial charge on any atom is -0.479 e. The van der Waals surface area contributed by atoms with Gasteiger partial charge in [0.25, 0.3) is 5.69 Å². The molecule has 2 aromatic carbocycles. The molecule has 0 amide bonds. The standard InChI is InChI=1S/C15H9N3O4/c16-6-7-21-13-2-1-3-14(9-13)22-15-5-4-12(18(19)20)8-11(15)10-17/h1-5,8-9H,7H2. The van der Waals surface area contributed by atoms with Gasteiger partial charge < -0.3 is 9.47 Å². The molecule has 0 fully saturated rings. The van der Waals surface area contributed by atoms with Crippen molar-refractivity contribution in [1.29, 1.82) is 10.5 Å². The van der Waals surface area contributed by atoms with Crippen LogP contribution in [0.3, 0.4) is 0 Å². The van der Waals surface area contributed by atoms with Gasteiger partial charge >= 0.3 is 0 Å². The lowest BCUT2D eigenvalue weighted by molar-refractivity contribution is -0.384. The van der Waals surface area contributed by atoms with Gasteiger partial charge in [0.15, 0.2) is 6.61 Å². The first-order valence-electron chi connectivity index (χ1n) is 6.10. The number of nitriles is 2. The molecular formula is C15H9N3O4. The molecule has 0 aliphatic heterocycles. The number of ether oxygens (including phenoxy) is 2. The smallest absolute Gasteiger partial charge is 0.271 e. The molecule has 22 heavy (non-hydrogen) atoms. The van der Waals surface area contributed by atoms with E-state index in [-0.39, 0.29) is 23.6 Å². The van der Waals surface area contributed by atoms with Crippen LogP contribution in [0.4, 0.5) is 5.69 Å². The highest BCUT2D eigenvalue weighted by molar-refractivity contribution is 5.51. The fourth-order valence-electron chi connectivity index (χ4n) is 1.68. The van der Waals surface area contributed by atoms with Crippen molar-refractivity contribution in [1.82, 2.24) is 0 Å². The fourth-order valence-corrected chi connectivity index (χ4v) is 1.68. The third-order valence-corrected chi connectivity index (χ3v) is 2.63. The van der Waals surface area contributed by atoms with Gasteiger partial charge in [-0.05, 0) is 18.2 Å². The second kappa shape index (κ2) is 6.73. The SMILES string of the molecule is N#CCOc1cccc(Oc2ccc([N+](=O)[O-])cc2C#N)c1. The monoisotopic (exact) mass is 295 g/mol. The summed E-state index contributed by atoms with van der Waals surface area (Å²) in [6.07, 6.45) is 0. The molecule has 7 nitrogen and oxygen atoms in total. The molecule has 0 heterocycles. The van der Waals surface area contributed by atoms with E-state index in [0.29, 0.717) is 11.5 Å². The predicted octanol–water partition coefficient (Wildman–Crippen LogP) is 3.16. The quantitative estimate of drug-likeness (QED) is 0.619. The number of nitrogens with zero attached hydrogens (tertiary/aromatic N) is 3. The lowest BCUT2D eigenvalue weighted by Gasteiger charge is -2.08. The van der Waals surface area contributed by atoms with Crippen LogP contribution >= 0.6 is 0 Å². The van der Waals surface area contributed by atoms with Gasteiger partial charge in [0.1, 0.15) is 35.0 Å². The summed E-state index contributed by atoms with van der Waals surface area (Å²) < 4.78 is 10.7. The minimum atomic E-state index is -0.582. The molecule has 0 unspecified atom stereocenters. The van der Waals surface area contributed by atoms with Crippen molar-refractivity contribution in [3.8, 4) is 29.4 Å². The molecule has 7 heteroatoms. The average molecular weight is 295 g/mol. The van der Waals surface area contributed by atoms with E-state index >= 15 is 0 Å². The van der Waals surface area contributed by atoms with Crippen LogP contribution in [-0.2, 0) is 0 Å². The van der Waals surface area contributed by atoms with E-state index < -0.39 is 4.92 Å². The Kier molecular flexibility index (Phi) is 4.53. The van der Waals surface area contributed by atoms with Crippen LogP contribution in [0.15, 0.2) is 42.5 Å². The maximum absolute atomic E-state index is 10.7. The molecule has 0 aliphatic carbocycles. The second-order valence-electron chi connectivity index (χ2n) is 4.07. The largest absolute Gasteiger partial charge is 0.479 e. The van der Waals surface area contributed by atoms with Crippen molar-refractivity contribution in [3.63, 3.8) is 0 Å². The van der Waals surface area contributed by atoms with Crippen LogP contribution in [0.2, 0.25) is 0 Å². The summed E-state index contributed by atoms with van der Waals surface area (Å²) in [7, 11) is 0. The lowest BCUT2D eigenvalue weighted by atomic mass is 10.2. The van der Waals surface area contributed by atoms with Crippen molar-refractivity contribution in [2.45, 2.75) is 0 Å². The van der Waals surface area contributed by atoms with Crippen LogP contribution in [-0.4, -0.2) is 11.5 Å². The topological polar surface area (TPSA) is 109 Å². The van der Waals surface area contributed by atoms with Gasteiger partial charge in [0.2, 0.25) is 0 Å². The molecular weight excluding hydrogens is 286 g/mol. The zero-order chi connectivity index (χ0) is 15.9. The fraction of sp³-hybridized carbons (Fsp3) is 0.0667. The number of hydrogen-bond acceptors (Lipinski definition) is 6. The summed E-state index contributed by atoms with van der Waals surface area (Å²) in [6, 6.07) is 14.0. The van der Waals surface area contributed by atoms with Gasteiger partial charge in [-0.25, -0.2) is 0 Å². The first kappa shape index (κ1) is 14.8. The Labute approximate surface area is 125 Å². The second-order valence-corrected chi connectivity index (χ2v) is 4.07. The zero-order valence-electron chi connectivity index (χ0n) is 11.2. The van der Waals surface area contributed by atoms with Crippen molar-refractivity contribution >= 4 is 5.69 Å². The molecule has 108 valence electrons. The molecule has 0 bridgehead atoms. The first-order chi connectivity index (χ1) is 10.6. The number of nitro benzene ring substituents is 1. The van der Waals surface area contributed by atoms with E-state index in [1.54, 1.807) is 24.3 Å². The number of non-ortho nitro benzene ring substituents is 1. The number of nitro groups is 1. The number of rotatable bonds is 5. The van der Waals surface area contributed by atoms with E-state index in [0.717, 1.165) is 6.07 Å². The van der Waals surface area contributed by atoms with E-state index in [2.05, 4.69) is 0 Å². The van der Waals surface area contributed by atoms with Gasteiger partial charge in [-0.1, -0.05) is 6.07 Å². The van der Waals surface area contributed by atoms with Crippen molar-refractivity contribution in [3.05, 3.63) is 58.1 Å². The van der Waals surface area contributed by atoms with Gasteiger partial charge in [0, 0.05) is 18.2 Å². The molecule has 0 atom stereocenters. The summed E-state index contributed by atoms with van der Waals surface area (Å²) >= 11 is 0. The molecule has 0 spiro atoms. The van der Waals surface area contributed by atoms with Crippen LogP contribution < -0.4 is 9.47 Å². The van der Waals surface area contributed by atoms with Crippen molar-refractivity contribution in [2.75, 3.05) is 6.61 Å². The Morgan fingerprint density at radius 2 is 1.91 bits per heavy atom. The molecule has 0 saturated carbocycles. The molecule has 0 saturated heterocycles. The van der Waals surface area contributed by atoms with Crippen LogP contribution in [0.25, 0.3) is 0 Å². The van der Waals surface area contributed by atoms with Crippen LogP contribution in [0.1, 0.15) is 5.56 Å². The summed E-state index contributed by atoms with van der Waals surface area (Å²) in [6.45, 7) is -0.0928. The van der Waals surface area contributed by atoms with Gasteiger partial charge in [-0.2, -0.15) is 10.5 Å². The van der Waals surface area contributed by atoms with E-state index in [1.165, 1.54) is 12.1 Å². The predicted molar refractivity (Wildman–Crippen MR) is 75.4 cm³/mol. The zero-order valence-corrected chi connectivity index (χ0v) is 11.2. The number of benzene rings is 2. The summed E-state index contributed by atoms with van der Waals surface area (Å²) in [5.74, 6) is 1.03. The van der Waals surface area contributed by atoms with Gasteiger partial charge in [0.05, 0.1) is 4.92 Å². The number of hydrogen-bond donors (Lipinski definition) is 0. The average Bonchev–Trinajstić information content (AvgIpc) is 2.53. The van der Waals surface area contributed by atoms with E-state index in [9.17, 15) is 10.1 Å². The highest BCUT2D eigenvalue weighted by atomic mass is 16.6. The molecule has 0 radical (unpaired) electrons. The molecule has 0 aliphatic rings. The normalized spacial score (nSPS) is 9.36. The van der Waals surface area contributed by atoms with Gasteiger partial charge in [-0.3, -0.25) is 10.1 Å². The third-order valence-electron chi connectivity index (χ3n) is 2.63. The Bertz CT molecular complexity index is 790. The van der Waals surface area contributed by atoms with Crippen molar-refractivity contribution < 1.29 is 14.4 Å². The van der Waals surface area contributed by atoms with Crippen LogP contribution in [0, 0.1) is 32.8 Å². The minimum absolute atomic E-state index is 0.0533. The molecule has 2 aromatic rings. The maximum atomic E-state index is 10.7. The maximum Gasteiger partial charge on any atom is 0.271 e. The summed E-state index contributed by atoms with van der Waals surface area (Å²) in [5.41, 5.74) is -0.132. The van der Waals surface area contributed by atoms with Gasteiger partial charge in [-0.15, -0.1) is 0 Å². The Morgan fingerprint density at radius 1 is 1.14 bits per heavy atom. The molecule has 0 aromatic heterocycles. The summed E-state index contributed by atoms with van der Waals surface area (Å²) in [5, 5.41) is 28.2. The van der Waals surface area contributed by atoms with Crippen molar-refractivity contribution in [2.24, 2.45) is 0 Å². The Morgan fingerprint density at radius 3 is 2.59 bits per heavy atom. The van der Waals surface area contributed by atoms with Crippen LogP contribution in [0.5, 0.6) is 17.2 Å². The highest BCUT2D eigenvalue weighted by Crippen LogP contribution is 2.29. The first-order valence-corrected chi connectivity index (χ1v) is 6.10. The Hall–Kier alpha value is -3.58. The molecule has 2 rings (SSSR count). The summed E-state index contributed by atoms with van der Waals surface area (Å²) in [4.78, 5) is 10.1. The Balaban J connectivity index is 2.26. The highest BCUT2D eigenvalue weighted by Gasteiger charge is 2.12. The van der Waals surface area contributed by atoms with E-state index in [1.807, 2.05) is 12.1 Å².